The largest absolute Gasteiger partial charge is 0.495 e. The summed E-state index contributed by atoms with van der Waals surface area (Å²) in [6.07, 6.45) is 1.15. The minimum absolute atomic E-state index is 0.587. The number of halogens is 1. The van der Waals surface area contributed by atoms with Gasteiger partial charge in [-0.3, -0.25) is 0 Å². The number of anilines is 1. The fourth-order valence-electron chi connectivity index (χ4n) is 2.15. The summed E-state index contributed by atoms with van der Waals surface area (Å²) in [5.41, 5.74) is 6.77. The second-order valence-corrected chi connectivity index (χ2v) is 4.59. The average Bonchev–Trinajstić information content (AvgIpc) is 2.77. The van der Waals surface area contributed by atoms with Crippen molar-refractivity contribution in [2.75, 3.05) is 31.6 Å². The third kappa shape index (κ3) is 2.25. The number of methoxy groups -OCH3 is 1. The number of nitrogens with two attached hydrogens (primary N) is 1. The van der Waals surface area contributed by atoms with E-state index in [0.29, 0.717) is 5.92 Å². The molecule has 0 aliphatic carbocycles. The van der Waals surface area contributed by atoms with Crippen LogP contribution in [0.5, 0.6) is 5.75 Å². The maximum atomic E-state index is 6.02. The Balaban J connectivity index is 2.22. The standard InChI is InChI=1S/C12H17ClN2O/c1-16-12-3-2-10(13)6-11(12)15-5-4-9(7-14)8-15/h2-3,6,9H,4-5,7-8,14H2,1H3. The number of rotatable bonds is 3. The number of hydrogen-bond donors (Lipinski definition) is 1. The molecule has 1 aromatic rings. The van der Waals surface area contributed by atoms with Crippen molar-refractivity contribution in [3.63, 3.8) is 0 Å². The van der Waals surface area contributed by atoms with Crippen molar-refractivity contribution < 1.29 is 4.74 Å². The molecule has 1 atom stereocenters. The minimum atomic E-state index is 0.587. The Morgan fingerprint density at radius 2 is 2.38 bits per heavy atom. The van der Waals surface area contributed by atoms with Crippen LogP contribution < -0.4 is 15.4 Å². The van der Waals surface area contributed by atoms with E-state index in [0.717, 1.165) is 42.5 Å². The molecule has 1 aliphatic rings. The number of hydrogen-bond acceptors (Lipinski definition) is 3. The highest BCUT2D eigenvalue weighted by Gasteiger charge is 2.23. The van der Waals surface area contributed by atoms with E-state index in [9.17, 15) is 0 Å². The molecule has 1 aliphatic heterocycles. The first-order valence-corrected chi connectivity index (χ1v) is 5.91. The average molecular weight is 241 g/mol. The minimum Gasteiger partial charge on any atom is -0.495 e. The highest BCUT2D eigenvalue weighted by Crippen LogP contribution is 2.34. The molecule has 0 amide bonds. The van der Waals surface area contributed by atoms with Gasteiger partial charge in [0.15, 0.2) is 0 Å². The summed E-state index contributed by atoms with van der Waals surface area (Å²) in [5, 5.41) is 0.743. The Bertz CT molecular complexity index is 370. The van der Waals surface area contributed by atoms with Gasteiger partial charge >= 0.3 is 0 Å². The molecule has 0 aromatic heterocycles. The molecule has 1 heterocycles. The van der Waals surface area contributed by atoms with Gasteiger partial charge in [0.1, 0.15) is 5.75 Å². The van der Waals surface area contributed by atoms with Crippen molar-refractivity contribution in [1.82, 2.24) is 0 Å². The summed E-state index contributed by atoms with van der Waals surface area (Å²) in [5.74, 6) is 1.46. The van der Waals surface area contributed by atoms with Crippen LogP contribution in [0.4, 0.5) is 5.69 Å². The van der Waals surface area contributed by atoms with Gasteiger partial charge < -0.3 is 15.4 Å². The summed E-state index contributed by atoms with van der Waals surface area (Å²) in [6, 6.07) is 5.72. The first-order valence-electron chi connectivity index (χ1n) is 5.53. The van der Waals surface area contributed by atoms with E-state index in [1.807, 2.05) is 18.2 Å². The first kappa shape index (κ1) is 11.6. The molecule has 2 rings (SSSR count). The summed E-state index contributed by atoms with van der Waals surface area (Å²) < 4.78 is 5.35. The van der Waals surface area contributed by atoms with Crippen LogP contribution in [0.25, 0.3) is 0 Å². The van der Waals surface area contributed by atoms with Gasteiger partial charge in [0, 0.05) is 18.1 Å². The lowest BCUT2D eigenvalue weighted by molar-refractivity contribution is 0.414. The molecule has 88 valence electrons. The molecule has 1 fully saturated rings. The summed E-state index contributed by atoms with van der Waals surface area (Å²) in [4.78, 5) is 2.29. The fraction of sp³-hybridized carbons (Fsp3) is 0.500. The lowest BCUT2D eigenvalue weighted by Gasteiger charge is -2.21. The molecule has 1 aromatic carbocycles. The summed E-state index contributed by atoms with van der Waals surface area (Å²) in [6.45, 7) is 2.77. The fourth-order valence-corrected chi connectivity index (χ4v) is 2.32. The predicted octanol–water partition coefficient (Wildman–Crippen LogP) is 2.13. The van der Waals surface area contributed by atoms with E-state index in [1.54, 1.807) is 7.11 Å². The van der Waals surface area contributed by atoms with Crippen molar-refractivity contribution >= 4 is 17.3 Å². The van der Waals surface area contributed by atoms with Crippen LogP contribution in [-0.2, 0) is 0 Å². The molecule has 3 nitrogen and oxygen atoms in total. The second-order valence-electron chi connectivity index (χ2n) is 4.15. The van der Waals surface area contributed by atoms with Gasteiger partial charge in [0.2, 0.25) is 0 Å². The zero-order chi connectivity index (χ0) is 11.5. The van der Waals surface area contributed by atoms with Crippen LogP contribution in [0, 0.1) is 5.92 Å². The van der Waals surface area contributed by atoms with Gasteiger partial charge in [-0.15, -0.1) is 0 Å². The molecule has 4 heteroatoms. The topological polar surface area (TPSA) is 38.5 Å². The van der Waals surface area contributed by atoms with Gasteiger partial charge in [-0.05, 0) is 37.1 Å². The second kappa shape index (κ2) is 4.93. The van der Waals surface area contributed by atoms with Gasteiger partial charge in [-0.25, -0.2) is 0 Å². The zero-order valence-corrected chi connectivity index (χ0v) is 10.2. The van der Waals surface area contributed by atoms with Gasteiger partial charge in [0.05, 0.1) is 12.8 Å². The van der Waals surface area contributed by atoms with Gasteiger partial charge in [-0.2, -0.15) is 0 Å². The summed E-state index contributed by atoms with van der Waals surface area (Å²) in [7, 11) is 1.68. The zero-order valence-electron chi connectivity index (χ0n) is 9.45. The van der Waals surface area contributed by atoms with E-state index in [2.05, 4.69) is 4.90 Å². The van der Waals surface area contributed by atoms with E-state index in [4.69, 9.17) is 22.1 Å². The maximum Gasteiger partial charge on any atom is 0.142 e. The normalized spacial score (nSPS) is 20.2. The van der Waals surface area contributed by atoms with E-state index >= 15 is 0 Å². The SMILES string of the molecule is COc1ccc(Cl)cc1N1CCC(CN)C1. The predicted molar refractivity (Wildman–Crippen MR) is 67.4 cm³/mol. The van der Waals surface area contributed by atoms with Crippen LogP contribution >= 0.6 is 11.6 Å². The molecule has 2 N–H and O–H groups in total. The van der Waals surface area contributed by atoms with Crippen LogP contribution in [0.3, 0.4) is 0 Å². The third-order valence-electron chi connectivity index (χ3n) is 3.10. The van der Waals surface area contributed by atoms with Crippen molar-refractivity contribution in [3.8, 4) is 5.75 Å². The first-order chi connectivity index (χ1) is 7.74. The highest BCUT2D eigenvalue weighted by molar-refractivity contribution is 6.30. The Labute approximate surface area is 101 Å². The molecule has 16 heavy (non-hydrogen) atoms. The smallest absolute Gasteiger partial charge is 0.142 e. The molecule has 1 saturated heterocycles. The maximum absolute atomic E-state index is 6.02. The van der Waals surface area contributed by atoms with Crippen LogP contribution in [-0.4, -0.2) is 26.7 Å². The number of benzene rings is 1. The van der Waals surface area contributed by atoms with E-state index in [-0.39, 0.29) is 0 Å². The Hall–Kier alpha value is -0.930. The van der Waals surface area contributed by atoms with Crippen molar-refractivity contribution in [2.45, 2.75) is 6.42 Å². The van der Waals surface area contributed by atoms with Crippen molar-refractivity contribution in [1.29, 1.82) is 0 Å². The lowest BCUT2D eigenvalue weighted by atomic mass is 10.1. The molecule has 0 spiro atoms. The van der Waals surface area contributed by atoms with Gasteiger partial charge in [0.25, 0.3) is 0 Å². The van der Waals surface area contributed by atoms with Crippen LogP contribution in [0.2, 0.25) is 5.02 Å². The Morgan fingerprint density at radius 1 is 1.56 bits per heavy atom. The molecular weight excluding hydrogens is 224 g/mol. The number of nitrogens with zero attached hydrogens (tertiary/aromatic N) is 1. The monoisotopic (exact) mass is 240 g/mol. The Kier molecular flexibility index (Phi) is 3.56. The van der Waals surface area contributed by atoms with E-state index in [1.165, 1.54) is 0 Å². The van der Waals surface area contributed by atoms with Crippen molar-refractivity contribution in [3.05, 3.63) is 23.2 Å². The third-order valence-corrected chi connectivity index (χ3v) is 3.34. The van der Waals surface area contributed by atoms with Gasteiger partial charge in [-0.1, -0.05) is 11.6 Å². The number of ether oxygens (including phenoxy) is 1. The highest BCUT2D eigenvalue weighted by atomic mass is 35.5. The molecule has 1 unspecified atom stereocenters. The quantitative estimate of drug-likeness (QED) is 0.880. The Morgan fingerprint density at radius 3 is 3.00 bits per heavy atom. The van der Waals surface area contributed by atoms with Crippen LogP contribution in [0.1, 0.15) is 6.42 Å². The summed E-state index contributed by atoms with van der Waals surface area (Å²) >= 11 is 6.02. The molecular formula is C12H17ClN2O. The van der Waals surface area contributed by atoms with Crippen molar-refractivity contribution in [2.24, 2.45) is 11.7 Å². The molecule has 0 bridgehead atoms. The lowest BCUT2D eigenvalue weighted by Crippen LogP contribution is -2.23. The molecule has 0 saturated carbocycles. The van der Waals surface area contributed by atoms with Crippen LogP contribution in [0.15, 0.2) is 18.2 Å². The molecule has 0 radical (unpaired) electrons. The van der Waals surface area contributed by atoms with E-state index < -0.39 is 0 Å².